The topological polar surface area (TPSA) is 83.5 Å². The Balaban J connectivity index is 1.61. The van der Waals surface area contributed by atoms with Crippen molar-refractivity contribution in [1.82, 2.24) is 0 Å². The largest absolute Gasteiger partial charge is 0.478 e. The van der Waals surface area contributed by atoms with E-state index in [1.165, 1.54) is 23.9 Å². The van der Waals surface area contributed by atoms with Gasteiger partial charge in [0.1, 0.15) is 0 Å². The van der Waals surface area contributed by atoms with Crippen LogP contribution in [0.1, 0.15) is 31.1 Å². The van der Waals surface area contributed by atoms with Gasteiger partial charge in [0, 0.05) is 16.1 Å². The number of hydrogen-bond acceptors (Lipinski definition) is 4. The summed E-state index contributed by atoms with van der Waals surface area (Å²) in [5.74, 6) is -1.54. The number of carboxylic acid groups (broad SMARTS) is 1. The van der Waals surface area contributed by atoms with E-state index in [0.29, 0.717) is 21.3 Å². The number of aromatic carboxylic acids is 1. The third-order valence-electron chi connectivity index (χ3n) is 4.13. The second kappa shape index (κ2) is 9.80. The molecule has 8 heteroatoms. The molecule has 1 amide bonds. The van der Waals surface area contributed by atoms with E-state index in [1.54, 1.807) is 54.6 Å². The van der Waals surface area contributed by atoms with Crippen LogP contribution in [-0.2, 0) is 0 Å². The Morgan fingerprint density at radius 1 is 0.867 bits per heavy atom. The van der Waals surface area contributed by atoms with E-state index < -0.39 is 11.9 Å². The maximum atomic E-state index is 12.4. The van der Waals surface area contributed by atoms with Gasteiger partial charge in [0.25, 0.3) is 5.91 Å². The maximum Gasteiger partial charge on any atom is 0.336 e. The van der Waals surface area contributed by atoms with Crippen LogP contribution in [-0.4, -0.2) is 28.5 Å². The summed E-state index contributed by atoms with van der Waals surface area (Å²) in [6.07, 6.45) is 0. The Morgan fingerprint density at radius 3 is 2.17 bits per heavy atom. The summed E-state index contributed by atoms with van der Waals surface area (Å²) in [7, 11) is 0. The van der Waals surface area contributed by atoms with Crippen LogP contribution in [0.2, 0.25) is 10.0 Å². The Morgan fingerprint density at radius 2 is 1.53 bits per heavy atom. The van der Waals surface area contributed by atoms with Gasteiger partial charge in [-0.2, -0.15) is 0 Å². The van der Waals surface area contributed by atoms with Gasteiger partial charge in [0.15, 0.2) is 5.78 Å². The first-order chi connectivity index (χ1) is 14.3. The van der Waals surface area contributed by atoms with Crippen LogP contribution < -0.4 is 5.32 Å². The molecular formula is C22H15Cl2NO4S. The molecule has 2 N–H and O–H groups in total. The predicted molar refractivity (Wildman–Crippen MR) is 119 cm³/mol. The number of halogens is 2. The van der Waals surface area contributed by atoms with Gasteiger partial charge in [0.2, 0.25) is 0 Å². The molecule has 0 aliphatic carbocycles. The lowest BCUT2D eigenvalue weighted by molar-refractivity contribution is 0.0692. The average molecular weight is 460 g/mol. The highest BCUT2D eigenvalue weighted by Crippen LogP contribution is 2.25. The number of Topliss-reactive ketones (excluding diaryl/α,β-unsaturated/α-hetero) is 1. The summed E-state index contributed by atoms with van der Waals surface area (Å²) in [5.41, 5.74) is 1.01. The average Bonchev–Trinajstić information content (AvgIpc) is 2.74. The molecule has 0 saturated heterocycles. The quantitative estimate of drug-likeness (QED) is 0.338. The molecule has 30 heavy (non-hydrogen) atoms. The van der Waals surface area contributed by atoms with Gasteiger partial charge in [-0.15, -0.1) is 11.8 Å². The molecule has 0 spiro atoms. The zero-order chi connectivity index (χ0) is 21.7. The van der Waals surface area contributed by atoms with Crippen LogP contribution in [0.15, 0.2) is 71.6 Å². The lowest BCUT2D eigenvalue weighted by Crippen LogP contribution is -2.16. The van der Waals surface area contributed by atoms with Crippen molar-refractivity contribution in [3.63, 3.8) is 0 Å². The summed E-state index contributed by atoms with van der Waals surface area (Å²) in [6, 6.07) is 17.7. The van der Waals surface area contributed by atoms with Crippen molar-refractivity contribution in [2.75, 3.05) is 11.1 Å². The van der Waals surface area contributed by atoms with Crippen LogP contribution in [0.5, 0.6) is 0 Å². The highest BCUT2D eigenvalue weighted by Gasteiger charge is 2.16. The summed E-state index contributed by atoms with van der Waals surface area (Å²) in [6.45, 7) is 0. The summed E-state index contributed by atoms with van der Waals surface area (Å²) < 4.78 is 0. The van der Waals surface area contributed by atoms with Crippen molar-refractivity contribution in [1.29, 1.82) is 0 Å². The summed E-state index contributed by atoms with van der Waals surface area (Å²) in [5, 5.41) is 12.6. The molecule has 0 saturated carbocycles. The van der Waals surface area contributed by atoms with Gasteiger partial charge in [0.05, 0.1) is 26.9 Å². The predicted octanol–water partition coefficient (Wildman–Crippen LogP) is 5.92. The molecule has 0 atom stereocenters. The Labute approximate surface area is 187 Å². The molecule has 0 aliphatic heterocycles. The number of rotatable bonds is 7. The molecular weight excluding hydrogens is 445 g/mol. The van der Waals surface area contributed by atoms with Gasteiger partial charge in [-0.1, -0.05) is 35.3 Å². The maximum absolute atomic E-state index is 12.4. The van der Waals surface area contributed by atoms with Gasteiger partial charge in [-0.3, -0.25) is 9.59 Å². The summed E-state index contributed by atoms with van der Waals surface area (Å²) >= 11 is 13.2. The number of ketones is 1. The van der Waals surface area contributed by atoms with Crippen molar-refractivity contribution in [2.45, 2.75) is 4.90 Å². The molecule has 0 aliphatic rings. The SMILES string of the molecule is O=C(CSc1ccc(NC(=O)c2ccccc2C(=O)O)cc1)c1ccc(Cl)c(Cl)c1. The first-order valence-corrected chi connectivity index (χ1v) is 10.4. The first kappa shape index (κ1) is 21.9. The summed E-state index contributed by atoms with van der Waals surface area (Å²) in [4.78, 5) is 36.8. The van der Waals surface area contributed by atoms with Crippen molar-refractivity contribution >= 4 is 58.3 Å². The molecule has 0 radical (unpaired) electrons. The fraction of sp³-hybridized carbons (Fsp3) is 0.0455. The zero-order valence-corrected chi connectivity index (χ0v) is 17.7. The molecule has 0 fully saturated rings. The van der Waals surface area contributed by atoms with Crippen molar-refractivity contribution < 1.29 is 19.5 Å². The molecule has 152 valence electrons. The van der Waals surface area contributed by atoms with Gasteiger partial charge >= 0.3 is 5.97 Å². The van der Waals surface area contributed by atoms with E-state index in [-0.39, 0.29) is 22.7 Å². The van der Waals surface area contributed by atoms with E-state index in [9.17, 15) is 19.5 Å². The van der Waals surface area contributed by atoms with Crippen molar-refractivity contribution in [3.05, 3.63) is 93.5 Å². The molecule has 0 aromatic heterocycles. The number of benzene rings is 3. The molecule has 5 nitrogen and oxygen atoms in total. The molecule has 0 bridgehead atoms. The number of carbonyl (C=O) groups is 3. The standard InChI is InChI=1S/C22H15Cl2NO4S/c23-18-10-5-13(11-19(18)24)20(26)12-30-15-8-6-14(7-9-15)25-21(27)16-3-1-2-4-17(16)22(28)29/h1-11H,12H2,(H,25,27)(H,28,29). The zero-order valence-electron chi connectivity index (χ0n) is 15.4. The number of nitrogens with one attached hydrogen (secondary N) is 1. The smallest absolute Gasteiger partial charge is 0.336 e. The highest BCUT2D eigenvalue weighted by molar-refractivity contribution is 8.00. The fourth-order valence-electron chi connectivity index (χ4n) is 2.60. The number of carbonyl (C=O) groups excluding carboxylic acids is 2. The second-order valence-electron chi connectivity index (χ2n) is 6.17. The van der Waals surface area contributed by atoms with Crippen LogP contribution in [0, 0.1) is 0 Å². The Bertz CT molecular complexity index is 1120. The number of amides is 1. The minimum Gasteiger partial charge on any atom is -0.478 e. The van der Waals surface area contributed by atoms with Crippen molar-refractivity contribution in [2.24, 2.45) is 0 Å². The molecule has 0 heterocycles. The van der Waals surface area contributed by atoms with Gasteiger partial charge in [-0.25, -0.2) is 4.79 Å². The molecule has 3 aromatic rings. The van der Waals surface area contributed by atoms with Gasteiger partial charge in [-0.05, 0) is 54.6 Å². The van der Waals surface area contributed by atoms with Gasteiger partial charge < -0.3 is 10.4 Å². The van der Waals surface area contributed by atoms with Crippen LogP contribution in [0.25, 0.3) is 0 Å². The number of thioether (sulfide) groups is 1. The minimum atomic E-state index is -1.17. The van der Waals surface area contributed by atoms with E-state index >= 15 is 0 Å². The van der Waals surface area contributed by atoms with E-state index in [0.717, 1.165) is 4.90 Å². The Kier molecular flexibility index (Phi) is 7.15. The second-order valence-corrected chi connectivity index (χ2v) is 8.03. The number of anilines is 1. The van der Waals surface area contributed by atoms with E-state index in [1.807, 2.05) is 0 Å². The first-order valence-electron chi connectivity index (χ1n) is 8.70. The molecule has 0 unspecified atom stereocenters. The van der Waals surface area contributed by atoms with Crippen LogP contribution in [0.4, 0.5) is 5.69 Å². The monoisotopic (exact) mass is 459 g/mol. The highest BCUT2D eigenvalue weighted by atomic mass is 35.5. The Hall–Kier alpha value is -2.80. The third-order valence-corrected chi connectivity index (χ3v) is 5.88. The molecule has 3 aromatic carbocycles. The number of carboxylic acids is 1. The number of hydrogen-bond donors (Lipinski definition) is 2. The lowest BCUT2D eigenvalue weighted by atomic mass is 10.1. The van der Waals surface area contributed by atoms with Crippen LogP contribution in [0.3, 0.4) is 0 Å². The third kappa shape index (κ3) is 5.42. The lowest BCUT2D eigenvalue weighted by Gasteiger charge is -2.08. The van der Waals surface area contributed by atoms with Crippen molar-refractivity contribution in [3.8, 4) is 0 Å². The van der Waals surface area contributed by atoms with Crippen LogP contribution >= 0.6 is 35.0 Å². The fourth-order valence-corrected chi connectivity index (χ4v) is 3.69. The van der Waals surface area contributed by atoms with E-state index in [4.69, 9.17) is 23.2 Å². The molecule has 3 rings (SSSR count). The van der Waals surface area contributed by atoms with E-state index in [2.05, 4.69) is 5.32 Å². The minimum absolute atomic E-state index is 0.0667. The normalized spacial score (nSPS) is 10.5.